The van der Waals surface area contributed by atoms with Crippen molar-refractivity contribution in [3.05, 3.63) is 24.8 Å². The van der Waals surface area contributed by atoms with Gasteiger partial charge in [-0.2, -0.15) is 0 Å². The Labute approximate surface area is 82.9 Å². The van der Waals surface area contributed by atoms with Gasteiger partial charge in [-0.1, -0.05) is 13.0 Å². The molecule has 0 aromatic carbocycles. The number of esters is 1. The molecule has 4 heteroatoms. The average molecular weight is 198 g/mol. The molecule has 0 amide bonds. The fraction of sp³-hybridized carbons (Fsp3) is 0.400. The molecule has 0 fully saturated rings. The van der Waals surface area contributed by atoms with Gasteiger partial charge in [0.25, 0.3) is 0 Å². The molecule has 0 rings (SSSR count). The maximum atomic E-state index is 11.0. The van der Waals surface area contributed by atoms with Gasteiger partial charge >= 0.3 is 11.9 Å². The lowest BCUT2D eigenvalue weighted by Crippen LogP contribution is -2.15. The first-order valence-electron chi connectivity index (χ1n) is 4.32. The Morgan fingerprint density at radius 2 is 2.14 bits per heavy atom. The maximum absolute atomic E-state index is 11.0. The number of carboxylic acids is 1. The number of carboxylic acid groups (broad SMARTS) is 1. The minimum absolute atomic E-state index is 0.224. The minimum Gasteiger partial charge on any atom is -0.478 e. The zero-order chi connectivity index (χ0) is 11.0. The summed E-state index contributed by atoms with van der Waals surface area (Å²) in [7, 11) is 0. The molecule has 0 spiro atoms. The molecule has 1 unspecified atom stereocenters. The van der Waals surface area contributed by atoms with E-state index < -0.39 is 11.9 Å². The number of hydrogen-bond donors (Lipinski definition) is 1. The minimum atomic E-state index is -1.17. The molecule has 1 atom stereocenters. The first kappa shape index (κ1) is 12.4. The molecule has 0 aliphatic rings. The molecule has 0 saturated heterocycles. The Morgan fingerprint density at radius 3 is 2.57 bits per heavy atom. The number of ether oxygens (including phenoxy) is 1. The lowest BCUT2D eigenvalue weighted by atomic mass is 10.2. The van der Waals surface area contributed by atoms with E-state index in [4.69, 9.17) is 9.84 Å². The summed E-state index contributed by atoms with van der Waals surface area (Å²) in [6, 6.07) is 0. The zero-order valence-electron chi connectivity index (χ0n) is 8.10. The van der Waals surface area contributed by atoms with Gasteiger partial charge in [-0.25, -0.2) is 9.59 Å². The van der Waals surface area contributed by atoms with Gasteiger partial charge in [-0.15, -0.1) is 6.58 Å². The highest BCUT2D eigenvalue weighted by Crippen LogP contribution is 2.04. The number of hydrogen-bond acceptors (Lipinski definition) is 3. The Kier molecular flexibility index (Phi) is 6.11. The molecule has 1 N–H and O–H groups in total. The van der Waals surface area contributed by atoms with Crippen molar-refractivity contribution in [2.45, 2.75) is 25.9 Å². The number of rotatable bonds is 6. The normalized spacial score (nSPS) is 12.4. The Bertz CT molecular complexity index is 243. The van der Waals surface area contributed by atoms with Crippen molar-refractivity contribution in [3.63, 3.8) is 0 Å². The van der Waals surface area contributed by atoms with Crippen LogP contribution >= 0.6 is 0 Å². The Hall–Kier alpha value is -1.58. The molecular formula is C10H14O4. The first-order chi connectivity index (χ1) is 6.60. The number of carbonyl (C=O) groups is 2. The molecule has 0 radical (unpaired) electrons. The second-order valence-corrected chi connectivity index (χ2v) is 2.66. The fourth-order valence-corrected chi connectivity index (χ4v) is 0.827. The van der Waals surface area contributed by atoms with Crippen molar-refractivity contribution in [2.24, 2.45) is 0 Å². The molecule has 0 aromatic heterocycles. The van der Waals surface area contributed by atoms with E-state index in [9.17, 15) is 9.59 Å². The summed E-state index contributed by atoms with van der Waals surface area (Å²) in [6.07, 6.45) is 4.33. The lowest BCUT2D eigenvalue weighted by molar-refractivity contribution is -0.143. The van der Waals surface area contributed by atoms with Crippen LogP contribution in [0.2, 0.25) is 0 Å². The second kappa shape index (κ2) is 6.88. The van der Waals surface area contributed by atoms with E-state index in [0.29, 0.717) is 12.8 Å². The average Bonchev–Trinajstić information content (AvgIpc) is 2.14. The van der Waals surface area contributed by atoms with Crippen LogP contribution < -0.4 is 0 Å². The summed E-state index contributed by atoms with van der Waals surface area (Å²) in [5.74, 6) is -1.81. The summed E-state index contributed by atoms with van der Waals surface area (Å²) < 4.78 is 4.93. The van der Waals surface area contributed by atoms with Crippen LogP contribution in [-0.4, -0.2) is 23.1 Å². The van der Waals surface area contributed by atoms with Crippen LogP contribution in [-0.2, 0) is 14.3 Å². The van der Waals surface area contributed by atoms with Gasteiger partial charge in [-0.05, 0) is 6.42 Å². The topological polar surface area (TPSA) is 63.6 Å². The highest BCUT2D eigenvalue weighted by atomic mass is 16.5. The molecule has 14 heavy (non-hydrogen) atoms. The fourth-order valence-electron chi connectivity index (χ4n) is 0.827. The third-order valence-electron chi connectivity index (χ3n) is 1.53. The van der Waals surface area contributed by atoms with Crippen LogP contribution in [0.3, 0.4) is 0 Å². The van der Waals surface area contributed by atoms with Crippen molar-refractivity contribution in [1.29, 1.82) is 0 Å². The molecule has 0 saturated carbocycles. The van der Waals surface area contributed by atoms with Gasteiger partial charge < -0.3 is 9.84 Å². The van der Waals surface area contributed by atoms with E-state index in [-0.39, 0.29) is 6.10 Å². The molecule has 0 heterocycles. The molecule has 0 aliphatic carbocycles. The van der Waals surface area contributed by atoms with Crippen molar-refractivity contribution in [2.75, 3.05) is 0 Å². The SMILES string of the molecule is C=CCC(CC)OC(=O)C=CC(=O)O. The molecule has 0 bridgehead atoms. The molecule has 78 valence electrons. The van der Waals surface area contributed by atoms with Crippen molar-refractivity contribution in [1.82, 2.24) is 0 Å². The van der Waals surface area contributed by atoms with Gasteiger partial charge in [-0.3, -0.25) is 0 Å². The monoisotopic (exact) mass is 198 g/mol. The predicted molar refractivity (Wildman–Crippen MR) is 51.8 cm³/mol. The van der Waals surface area contributed by atoms with E-state index in [1.807, 2.05) is 6.92 Å². The third kappa shape index (κ3) is 5.99. The second-order valence-electron chi connectivity index (χ2n) is 2.66. The van der Waals surface area contributed by atoms with E-state index in [2.05, 4.69) is 6.58 Å². The van der Waals surface area contributed by atoms with Crippen molar-refractivity contribution in [3.8, 4) is 0 Å². The zero-order valence-corrected chi connectivity index (χ0v) is 8.10. The summed E-state index contributed by atoms with van der Waals surface area (Å²) in [6.45, 7) is 5.40. The van der Waals surface area contributed by atoms with Gasteiger partial charge in [0, 0.05) is 18.6 Å². The number of carbonyl (C=O) groups excluding carboxylic acids is 1. The van der Waals surface area contributed by atoms with E-state index >= 15 is 0 Å². The van der Waals surface area contributed by atoms with Crippen molar-refractivity contribution >= 4 is 11.9 Å². The summed E-state index contributed by atoms with van der Waals surface area (Å²) in [5.41, 5.74) is 0. The predicted octanol–water partition coefficient (Wildman–Crippen LogP) is 1.53. The van der Waals surface area contributed by atoms with Crippen LogP contribution in [0.15, 0.2) is 24.8 Å². The van der Waals surface area contributed by atoms with E-state index in [1.165, 1.54) is 0 Å². The van der Waals surface area contributed by atoms with Crippen LogP contribution in [0.5, 0.6) is 0 Å². The van der Waals surface area contributed by atoms with Crippen molar-refractivity contribution < 1.29 is 19.4 Å². The van der Waals surface area contributed by atoms with Gasteiger partial charge in [0.05, 0.1) is 0 Å². The van der Waals surface area contributed by atoms with E-state index in [1.54, 1.807) is 6.08 Å². The summed E-state index contributed by atoms with van der Waals surface area (Å²) in [4.78, 5) is 21.1. The Balaban J connectivity index is 4.02. The lowest BCUT2D eigenvalue weighted by Gasteiger charge is -2.12. The highest BCUT2D eigenvalue weighted by molar-refractivity contribution is 5.90. The van der Waals surface area contributed by atoms with Crippen LogP contribution in [0, 0.1) is 0 Å². The maximum Gasteiger partial charge on any atom is 0.331 e. The van der Waals surface area contributed by atoms with Crippen LogP contribution in [0.1, 0.15) is 19.8 Å². The van der Waals surface area contributed by atoms with Gasteiger partial charge in [0.2, 0.25) is 0 Å². The highest BCUT2D eigenvalue weighted by Gasteiger charge is 2.08. The largest absolute Gasteiger partial charge is 0.478 e. The first-order valence-corrected chi connectivity index (χ1v) is 4.32. The van der Waals surface area contributed by atoms with Gasteiger partial charge in [0.1, 0.15) is 6.10 Å². The number of aliphatic carboxylic acids is 1. The smallest absolute Gasteiger partial charge is 0.331 e. The molecular weight excluding hydrogens is 184 g/mol. The van der Waals surface area contributed by atoms with Gasteiger partial charge in [0.15, 0.2) is 0 Å². The summed E-state index contributed by atoms with van der Waals surface area (Å²) >= 11 is 0. The van der Waals surface area contributed by atoms with Crippen LogP contribution in [0.4, 0.5) is 0 Å². The third-order valence-corrected chi connectivity index (χ3v) is 1.53. The molecule has 0 aromatic rings. The van der Waals surface area contributed by atoms with Crippen LogP contribution in [0.25, 0.3) is 0 Å². The molecule has 0 aliphatic heterocycles. The molecule has 4 nitrogen and oxygen atoms in total. The van der Waals surface area contributed by atoms with E-state index in [0.717, 1.165) is 12.2 Å². The summed E-state index contributed by atoms with van der Waals surface area (Å²) in [5, 5.41) is 8.25. The standard InChI is InChI=1S/C10H14O4/c1-3-5-8(4-2)14-10(13)7-6-9(11)12/h3,6-8H,1,4-5H2,2H3,(H,11,12). The Morgan fingerprint density at radius 1 is 1.50 bits per heavy atom. The quantitative estimate of drug-likeness (QED) is 0.399.